The molecule has 0 spiro atoms. The predicted molar refractivity (Wildman–Crippen MR) is 121 cm³/mol. The van der Waals surface area contributed by atoms with Gasteiger partial charge in [-0.1, -0.05) is 35.9 Å². The van der Waals surface area contributed by atoms with Crippen molar-refractivity contribution in [2.75, 3.05) is 17.6 Å². The van der Waals surface area contributed by atoms with Crippen molar-refractivity contribution in [3.8, 4) is 0 Å². The van der Waals surface area contributed by atoms with Gasteiger partial charge in [0, 0.05) is 22.1 Å². The maximum Gasteiger partial charge on any atom is 0.180 e. The Hall–Kier alpha value is -1.93. The lowest BCUT2D eigenvalue weighted by Crippen LogP contribution is -2.37. The molecule has 0 atom stereocenters. The zero-order valence-corrected chi connectivity index (χ0v) is 18.1. The molecular weight excluding hydrogens is 432 g/mol. The second-order valence-electron chi connectivity index (χ2n) is 6.07. The molecule has 3 rings (SSSR count). The highest BCUT2D eigenvalue weighted by molar-refractivity contribution is 7.91. The van der Waals surface area contributed by atoms with E-state index in [1.165, 1.54) is 0 Å². The van der Waals surface area contributed by atoms with Gasteiger partial charge < -0.3 is 10.2 Å². The molecule has 0 fully saturated rings. The molecule has 0 aliphatic heterocycles. The zero-order chi connectivity index (χ0) is 20.0. The summed E-state index contributed by atoms with van der Waals surface area (Å²) in [5.41, 5.74) is 0.802. The minimum atomic E-state index is -3.39. The Morgan fingerprint density at radius 3 is 2.39 bits per heavy atom. The highest BCUT2D eigenvalue weighted by atomic mass is 35.5. The summed E-state index contributed by atoms with van der Waals surface area (Å²) in [5.74, 6) is -0.0230. The minimum absolute atomic E-state index is 0.0230. The number of benzene rings is 2. The number of nitrogens with zero attached hydrogens (tertiary/aromatic N) is 1. The SMILES string of the molecule is O=S(=O)(CCN(Cc1cccs1)C(=S)Nc1ccc(Cl)cc1)c1ccccc1. The van der Waals surface area contributed by atoms with Gasteiger partial charge >= 0.3 is 0 Å². The second-order valence-corrected chi connectivity index (χ2v) is 10.0. The lowest BCUT2D eigenvalue weighted by molar-refractivity contribution is 0.444. The molecule has 0 unspecified atom stereocenters. The van der Waals surface area contributed by atoms with E-state index in [2.05, 4.69) is 5.32 Å². The Morgan fingerprint density at radius 1 is 1.04 bits per heavy atom. The number of halogens is 1. The Balaban J connectivity index is 1.73. The van der Waals surface area contributed by atoms with Gasteiger partial charge in [-0.25, -0.2) is 8.42 Å². The van der Waals surface area contributed by atoms with Gasteiger partial charge in [-0.05, 0) is 60.1 Å². The maximum atomic E-state index is 12.7. The normalized spacial score (nSPS) is 11.2. The van der Waals surface area contributed by atoms with Gasteiger partial charge in [0.15, 0.2) is 14.9 Å². The van der Waals surface area contributed by atoms with Crippen LogP contribution in [0.25, 0.3) is 0 Å². The van der Waals surface area contributed by atoms with Gasteiger partial charge in [0.25, 0.3) is 0 Å². The first-order valence-corrected chi connectivity index (χ1v) is 11.9. The van der Waals surface area contributed by atoms with E-state index >= 15 is 0 Å². The summed E-state index contributed by atoms with van der Waals surface area (Å²) in [6, 6.07) is 19.7. The van der Waals surface area contributed by atoms with Gasteiger partial charge in [0.05, 0.1) is 17.2 Å². The lowest BCUT2D eigenvalue weighted by atomic mass is 10.3. The van der Waals surface area contributed by atoms with Crippen molar-refractivity contribution in [3.63, 3.8) is 0 Å². The molecule has 0 saturated carbocycles. The van der Waals surface area contributed by atoms with Crippen molar-refractivity contribution in [2.45, 2.75) is 11.4 Å². The molecule has 1 N–H and O–H groups in total. The van der Waals surface area contributed by atoms with Gasteiger partial charge in [-0.2, -0.15) is 0 Å². The van der Waals surface area contributed by atoms with E-state index in [-0.39, 0.29) is 12.3 Å². The van der Waals surface area contributed by atoms with Crippen molar-refractivity contribution >= 4 is 55.8 Å². The number of hydrogen-bond donors (Lipinski definition) is 1. The number of anilines is 1. The van der Waals surface area contributed by atoms with Crippen LogP contribution >= 0.6 is 35.2 Å². The zero-order valence-electron chi connectivity index (χ0n) is 14.9. The minimum Gasteiger partial charge on any atom is -0.343 e. The first kappa shape index (κ1) is 20.8. The number of thiocarbonyl (C=S) groups is 1. The summed E-state index contributed by atoms with van der Waals surface area (Å²) in [6.07, 6.45) is 0. The molecule has 8 heteroatoms. The quantitative estimate of drug-likeness (QED) is 0.509. The number of sulfone groups is 1. The molecule has 0 amide bonds. The van der Waals surface area contributed by atoms with E-state index in [1.807, 2.05) is 34.5 Å². The topological polar surface area (TPSA) is 49.4 Å². The van der Waals surface area contributed by atoms with Crippen molar-refractivity contribution in [2.24, 2.45) is 0 Å². The second kappa shape index (κ2) is 9.52. The summed E-state index contributed by atoms with van der Waals surface area (Å²) in [7, 11) is -3.39. The Kier molecular flexibility index (Phi) is 7.07. The number of nitrogens with one attached hydrogen (secondary N) is 1. The summed E-state index contributed by atoms with van der Waals surface area (Å²) in [6.45, 7) is 0.829. The van der Waals surface area contributed by atoms with Gasteiger partial charge in [-0.15, -0.1) is 11.3 Å². The molecule has 1 heterocycles. The van der Waals surface area contributed by atoms with Gasteiger partial charge in [0.2, 0.25) is 0 Å². The van der Waals surface area contributed by atoms with Crippen molar-refractivity contribution in [1.82, 2.24) is 4.90 Å². The molecular formula is C20H19ClN2O2S3. The fourth-order valence-electron chi connectivity index (χ4n) is 2.55. The van der Waals surface area contributed by atoms with E-state index in [0.717, 1.165) is 10.6 Å². The molecule has 3 aromatic rings. The Labute approximate surface area is 179 Å². The van der Waals surface area contributed by atoms with Crippen LogP contribution in [0.3, 0.4) is 0 Å². The van der Waals surface area contributed by atoms with Crippen LogP contribution in [0.1, 0.15) is 4.88 Å². The van der Waals surface area contributed by atoms with Crippen LogP contribution in [0.15, 0.2) is 77.0 Å². The first-order valence-electron chi connectivity index (χ1n) is 8.56. The van der Waals surface area contributed by atoms with Gasteiger partial charge in [-0.3, -0.25) is 0 Å². The molecule has 0 radical (unpaired) electrons. The van der Waals surface area contributed by atoms with Crippen LogP contribution in [0.5, 0.6) is 0 Å². The Bertz CT molecular complexity index is 1010. The summed E-state index contributed by atoms with van der Waals surface area (Å²) in [5, 5.41) is 6.27. The molecule has 0 aliphatic rings. The average Bonchev–Trinajstić information content (AvgIpc) is 3.21. The molecule has 0 saturated heterocycles. The van der Waals surface area contributed by atoms with Crippen molar-refractivity contribution in [3.05, 3.63) is 82.0 Å². The third kappa shape index (κ3) is 5.78. The molecule has 0 bridgehead atoms. The summed E-state index contributed by atoms with van der Waals surface area (Å²) >= 11 is 13.1. The smallest absolute Gasteiger partial charge is 0.180 e. The van der Waals surface area contributed by atoms with E-state index < -0.39 is 9.84 Å². The van der Waals surface area contributed by atoms with Crippen LogP contribution < -0.4 is 5.32 Å². The van der Waals surface area contributed by atoms with Gasteiger partial charge in [0.1, 0.15) is 0 Å². The standard InChI is InChI=1S/C20H19ClN2O2S3/c21-16-8-10-17(11-9-16)22-20(26)23(15-18-5-4-13-27-18)12-14-28(24,25)19-6-2-1-3-7-19/h1-11,13H,12,14-15H2,(H,22,26). The first-order chi connectivity index (χ1) is 13.4. The fourth-order valence-corrected chi connectivity index (χ4v) is 4.94. The van der Waals surface area contributed by atoms with E-state index in [9.17, 15) is 8.42 Å². The van der Waals surface area contributed by atoms with Crippen LogP contribution in [0.4, 0.5) is 5.69 Å². The van der Waals surface area contributed by atoms with E-state index in [0.29, 0.717) is 21.6 Å². The van der Waals surface area contributed by atoms with Crippen molar-refractivity contribution in [1.29, 1.82) is 0 Å². The molecule has 4 nitrogen and oxygen atoms in total. The molecule has 1 aromatic heterocycles. The predicted octanol–water partition coefficient (Wildman–Crippen LogP) is 5.07. The fraction of sp³-hybridized carbons (Fsp3) is 0.150. The third-order valence-corrected chi connectivity index (χ3v) is 7.23. The average molecular weight is 451 g/mol. The van der Waals surface area contributed by atoms with Crippen LogP contribution in [0, 0.1) is 0 Å². The Morgan fingerprint density at radius 2 is 1.75 bits per heavy atom. The highest BCUT2D eigenvalue weighted by Crippen LogP contribution is 2.17. The highest BCUT2D eigenvalue weighted by Gasteiger charge is 2.18. The molecule has 0 aliphatic carbocycles. The van der Waals surface area contributed by atoms with E-state index in [4.69, 9.17) is 23.8 Å². The lowest BCUT2D eigenvalue weighted by Gasteiger charge is -2.25. The number of thiophene rings is 1. The van der Waals surface area contributed by atoms with Crippen molar-refractivity contribution < 1.29 is 8.42 Å². The maximum absolute atomic E-state index is 12.7. The van der Waals surface area contributed by atoms with E-state index in [1.54, 1.807) is 53.8 Å². The largest absolute Gasteiger partial charge is 0.343 e. The molecule has 28 heavy (non-hydrogen) atoms. The third-order valence-electron chi connectivity index (χ3n) is 4.04. The summed E-state index contributed by atoms with van der Waals surface area (Å²) < 4.78 is 25.3. The number of hydrogen-bond acceptors (Lipinski definition) is 4. The molecule has 146 valence electrons. The molecule has 2 aromatic carbocycles. The van der Waals surface area contributed by atoms with Crippen LogP contribution in [-0.4, -0.2) is 30.7 Å². The summed E-state index contributed by atoms with van der Waals surface area (Å²) in [4.78, 5) is 3.30. The monoisotopic (exact) mass is 450 g/mol. The van der Waals surface area contributed by atoms with Crippen LogP contribution in [0.2, 0.25) is 5.02 Å². The number of rotatable bonds is 7. The van der Waals surface area contributed by atoms with Crippen LogP contribution in [-0.2, 0) is 16.4 Å².